The number of ketones is 2. The molecule has 3 aromatic rings. The second kappa shape index (κ2) is 4.96. The van der Waals surface area contributed by atoms with E-state index in [9.17, 15) is 9.59 Å². The van der Waals surface area contributed by atoms with Crippen LogP contribution in [0.3, 0.4) is 0 Å². The molecule has 2 N–H and O–H groups in total. The highest BCUT2D eigenvalue weighted by Gasteiger charge is 2.29. The summed E-state index contributed by atoms with van der Waals surface area (Å²) in [6.07, 6.45) is 1.57. The summed E-state index contributed by atoms with van der Waals surface area (Å²) in [5.74, 6) is -0.300. The van der Waals surface area contributed by atoms with Crippen molar-refractivity contribution in [3.63, 3.8) is 0 Å². The van der Waals surface area contributed by atoms with Crippen molar-refractivity contribution in [2.75, 3.05) is 0 Å². The van der Waals surface area contributed by atoms with Gasteiger partial charge in [0, 0.05) is 28.8 Å². The van der Waals surface area contributed by atoms with E-state index in [-0.39, 0.29) is 18.1 Å². The van der Waals surface area contributed by atoms with Gasteiger partial charge in [0.15, 0.2) is 11.6 Å². The number of nitrogens with zero attached hydrogens (tertiary/aromatic N) is 3. The summed E-state index contributed by atoms with van der Waals surface area (Å²) in [5.41, 5.74) is 8.70. The SMILES string of the molecule is NCc1cnnn1-c1ccc2c(c1)C(=O)c1ccccc1C2=O. The van der Waals surface area contributed by atoms with Gasteiger partial charge in [-0.15, -0.1) is 5.10 Å². The molecule has 0 atom stereocenters. The van der Waals surface area contributed by atoms with Crippen LogP contribution < -0.4 is 5.73 Å². The van der Waals surface area contributed by atoms with Crippen LogP contribution in [0.2, 0.25) is 0 Å². The normalized spacial score (nSPS) is 12.9. The van der Waals surface area contributed by atoms with Gasteiger partial charge in [0.05, 0.1) is 17.6 Å². The molecule has 1 aliphatic carbocycles. The van der Waals surface area contributed by atoms with Gasteiger partial charge in [0.2, 0.25) is 0 Å². The predicted molar refractivity (Wildman–Crippen MR) is 82.6 cm³/mol. The zero-order chi connectivity index (χ0) is 16.0. The quantitative estimate of drug-likeness (QED) is 0.606. The van der Waals surface area contributed by atoms with Gasteiger partial charge >= 0.3 is 0 Å². The second-order valence-corrected chi connectivity index (χ2v) is 5.27. The molecule has 6 heteroatoms. The summed E-state index contributed by atoms with van der Waals surface area (Å²) >= 11 is 0. The minimum atomic E-state index is -0.161. The summed E-state index contributed by atoms with van der Waals surface area (Å²) in [6, 6.07) is 11.9. The van der Waals surface area contributed by atoms with Crippen molar-refractivity contribution in [2.45, 2.75) is 6.54 Å². The summed E-state index contributed by atoms with van der Waals surface area (Å²) < 4.78 is 1.57. The average Bonchev–Trinajstić information content (AvgIpc) is 3.08. The van der Waals surface area contributed by atoms with E-state index >= 15 is 0 Å². The molecule has 0 spiro atoms. The Hall–Kier alpha value is -3.12. The molecule has 0 unspecified atom stereocenters. The molecule has 6 nitrogen and oxygen atoms in total. The summed E-state index contributed by atoms with van der Waals surface area (Å²) in [4.78, 5) is 25.3. The highest BCUT2D eigenvalue weighted by molar-refractivity contribution is 6.28. The largest absolute Gasteiger partial charge is 0.325 e. The Morgan fingerprint density at radius 1 is 0.913 bits per heavy atom. The first-order valence-corrected chi connectivity index (χ1v) is 7.13. The highest BCUT2D eigenvalue weighted by Crippen LogP contribution is 2.28. The molecule has 0 bridgehead atoms. The molecule has 2 aromatic carbocycles. The molecular formula is C17H12N4O2. The van der Waals surface area contributed by atoms with E-state index < -0.39 is 0 Å². The van der Waals surface area contributed by atoms with E-state index in [1.165, 1.54) is 0 Å². The fourth-order valence-electron chi connectivity index (χ4n) is 2.83. The summed E-state index contributed by atoms with van der Waals surface area (Å²) in [6.45, 7) is 0.278. The Bertz CT molecular complexity index is 959. The third-order valence-electron chi connectivity index (χ3n) is 3.98. The Labute approximate surface area is 131 Å². The van der Waals surface area contributed by atoms with Crippen molar-refractivity contribution in [1.82, 2.24) is 15.0 Å². The Balaban J connectivity index is 1.90. The minimum Gasteiger partial charge on any atom is -0.325 e. The molecule has 0 radical (unpaired) electrons. The number of aromatic nitrogens is 3. The molecular weight excluding hydrogens is 292 g/mol. The van der Waals surface area contributed by atoms with E-state index in [0.29, 0.717) is 27.9 Å². The van der Waals surface area contributed by atoms with Crippen LogP contribution in [0, 0.1) is 0 Å². The third-order valence-corrected chi connectivity index (χ3v) is 3.98. The molecule has 1 aromatic heterocycles. The zero-order valence-corrected chi connectivity index (χ0v) is 12.1. The van der Waals surface area contributed by atoms with Crippen molar-refractivity contribution in [3.8, 4) is 5.69 Å². The van der Waals surface area contributed by atoms with E-state index in [1.54, 1.807) is 53.3 Å². The molecule has 0 fully saturated rings. The number of carbonyl (C=O) groups excluding carboxylic acids is 2. The molecule has 23 heavy (non-hydrogen) atoms. The van der Waals surface area contributed by atoms with Crippen LogP contribution in [0.1, 0.15) is 37.5 Å². The molecule has 1 heterocycles. The van der Waals surface area contributed by atoms with Gasteiger partial charge in [0.25, 0.3) is 0 Å². The van der Waals surface area contributed by atoms with Gasteiger partial charge < -0.3 is 5.73 Å². The van der Waals surface area contributed by atoms with Crippen molar-refractivity contribution in [3.05, 3.63) is 76.6 Å². The lowest BCUT2D eigenvalue weighted by molar-refractivity contribution is 0.0979. The minimum absolute atomic E-state index is 0.139. The van der Waals surface area contributed by atoms with Gasteiger partial charge in [-0.1, -0.05) is 29.5 Å². The maximum Gasteiger partial charge on any atom is 0.194 e. The number of nitrogens with two attached hydrogens (primary N) is 1. The van der Waals surface area contributed by atoms with Crippen LogP contribution in [-0.4, -0.2) is 26.6 Å². The predicted octanol–water partition coefficient (Wildman–Crippen LogP) is 1.50. The van der Waals surface area contributed by atoms with E-state index in [0.717, 1.165) is 5.69 Å². The monoisotopic (exact) mass is 304 g/mol. The fourth-order valence-corrected chi connectivity index (χ4v) is 2.83. The topological polar surface area (TPSA) is 90.9 Å². The van der Waals surface area contributed by atoms with Crippen molar-refractivity contribution in [2.24, 2.45) is 5.73 Å². The third kappa shape index (κ3) is 1.92. The maximum atomic E-state index is 12.7. The van der Waals surface area contributed by atoms with E-state index in [1.807, 2.05) is 0 Å². The van der Waals surface area contributed by atoms with Crippen molar-refractivity contribution >= 4 is 11.6 Å². The number of rotatable bonds is 2. The summed E-state index contributed by atoms with van der Waals surface area (Å²) in [5, 5.41) is 7.82. The Morgan fingerprint density at radius 3 is 2.26 bits per heavy atom. The van der Waals surface area contributed by atoms with E-state index in [4.69, 9.17) is 5.73 Å². The van der Waals surface area contributed by atoms with Crippen LogP contribution in [0.5, 0.6) is 0 Å². The number of carbonyl (C=O) groups is 2. The number of hydrogen-bond acceptors (Lipinski definition) is 5. The van der Waals surface area contributed by atoms with Crippen LogP contribution in [0.25, 0.3) is 5.69 Å². The lowest BCUT2D eigenvalue weighted by atomic mass is 9.84. The van der Waals surface area contributed by atoms with Gasteiger partial charge in [-0.2, -0.15) is 0 Å². The van der Waals surface area contributed by atoms with Crippen LogP contribution >= 0.6 is 0 Å². The zero-order valence-electron chi connectivity index (χ0n) is 12.1. The smallest absolute Gasteiger partial charge is 0.194 e. The second-order valence-electron chi connectivity index (χ2n) is 5.27. The first-order valence-electron chi connectivity index (χ1n) is 7.13. The van der Waals surface area contributed by atoms with Gasteiger partial charge in [0.1, 0.15) is 0 Å². The van der Waals surface area contributed by atoms with Gasteiger partial charge in [-0.05, 0) is 18.2 Å². The lowest BCUT2D eigenvalue weighted by Gasteiger charge is -2.18. The van der Waals surface area contributed by atoms with Crippen LogP contribution in [-0.2, 0) is 6.54 Å². The van der Waals surface area contributed by atoms with Crippen molar-refractivity contribution < 1.29 is 9.59 Å². The first-order chi connectivity index (χ1) is 11.2. The molecule has 0 saturated carbocycles. The Kier molecular flexibility index (Phi) is 2.92. The van der Waals surface area contributed by atoms with Crippen LogP contribution in [0.15, 0.2) is 48.7 Å². The van der Waals surface area contributed by atoms with Crippen molar-refractivity contribution in [1.29, 1.82) is 0 Å². The molecule has 0 amide bonds. The van der Waals surface area contributed by atoms with E-state index in [2.05, 4.69) is 10.3 Å². The average molecular weight is 304 g/mol. The number of hydrogen-bond donors (Lipinski definition) is 1. The highest BCUT2D eigenvalue weighted by atomic mass is 16.1. The fraction of sp³-hybridized carbons (Fsp3) is 0.0588. The molecule has 1 aliphatic rings. The summed E-state index contributed by atoms with van der Waals surface area (Å²) in [7, 11) is 0. The number of benzene rings is 2. The molecule has 112 valence electrons. The number of fused-ring (bicyclic) bond motifs is 2. The van der Waals surface area contributed by atoms with Crippen LogP contribution in [0.4, 0.5) is 0 Å². The first kappa shape index (κ1) is 13.5. The standard InChI is InChI=1S/C17H12N4O2/c18-8-11-9-19-20-21(11)10-5-6-14-15(7-10)17(23)13-4-2-1-3-12(13)16(14)22/h1-7,9H,8,18H2. The maximum absolute atomic E-state index is 12.7. The molecule has 4 rings (SSSR count). The van der Waals surface area contributed by atoms with Gasteiger partial charge in [-0.25, -0.2) is 4.68 Å². The lowest BCUT2D eigenvalue weighted by Crippen LogP contribution is -2.21. The van der Waals surface area contributed by atoms with Gasteiger partial charge in [-0.3, -0.25) is 9.59 Å². The Morgan fingerprint density at radius 2 is 1.57 bits per heavy atom. The molecule has 0 saturated heterocycles. The molecule has 0 aliphatic heterocycles.